The summed E-state index contributed by atoms with van der Waals surface area (Å²) in [6.45, 7) is 6.45. The molecule has 0 saturated carbocycles. The van der Waals surface area contributed by atoms with E-state index >= 15 is 0 Å². The molecule has 0 bridgehead atoms. The second kappa shape index (κ2) is 7.25. The Morgan fingerprint density at radius 3 is 2.32 bits per heavy atom. The highest BCUT2D eigenvalue weighted by atomic mass is 16.3. The van der Waals surface area contributed by atoms with Gasteiger partial charge in [0.2, 0.25) is 0 Å². The minimum absolute atomic E-state index is 0.152. The fraction of sp³-hybridized carbons (Fsp3) is 0.692. The van der Waals surface area contributed by atoms with Crippen molar-refractivity contribution in [1.82, 2.24) is 9.97 Å². The van der Waals surface area contributed by atoms with Crippen LogP contribution in [0.2, 0.25) is 0 Å². The van der Waals surface area contributed by atoms with Crippen LogP contribution in [0.15, 0.2) is 6.33 Å². The monoisotopic (exact) mass is 268 g/mol. The largest absolute Gasteiger partial charge is 0.394 e. The third kappa shape index (κ3) is 3.78. The summed E-state index contributed by atoms with van der Waals surface area (Å²) in [5.41, 5.74) is 0.136. The molecular weight excluding hydrogens is 244 g/mol. The zero-order chi connectivity index (χ0) is 14.3. The minimum Gasteiger partial charge on any atom is -0.394 e. The van der Waals surface area contributed by atoms with Gasteiger partial charge in [0.1, 0.15) is 18.0 Å². The lowest BCUT2D eigenvalue weighted by atomic mass is 9.98. The number of anilines is 2. The van der Waals surface area contributed by atoms with Crippen molar-refractivity contribution in [3.63, 3.8) is 0 Å². The fourth-order valence-electron chi connectivity index (χ4n) is 1.69. The maximum Gasteiger partial charge on any atom is 0.135 e. The topological polar surface area (TPSA) is 90.3 Å². The number of aliphatic hydroxyl groups excluding tert-OH is 2. The van der Waals surface area contributed by atoms with Crippen molar-refractivity contribution in [2.24, 2.45) is 0 Å². The normalized spacial score (nSPS) is 11.4. The van der Waals surface area contributed by atoms with Crippen LogP contribution in [0.4, 0.5) is 11.6 Å². The van der Waals surface area contributed by atoms with Gasteiger partial charge in [-0.2, -0.15) is 0 Å². The van der Waals surface area contributed by atoms with Crippen LogP contribution in [0.5, 0.6) is 0 Å². The Balaban J connectivity index is 2.94. The van der Waals surface area contributed by atoms with Gasteiger partial charge in [0.05, 0.1) is 18.8 Å². The van der Waals surface area contributed by atoms with Crippen molar-refractivity contribution in [3.05, 3.63) is 11.9 Å². The number of nitrogens with zero attached hydrogens (tertiary/aromatic N) is 2. The molecule has 6 heteroatoms. The summed E-state index contributed by atoms with van der Waals surface area (Å²) >= 11 is 0. The smallest absolute Gasteiger partial charge is 0.135 e. The summed E-state index contributed by atoms with van der Waals surface area (Å²) in [5, 5.41) is 25.3. The first-order chi connectivity index (χ1) is 9.12. The first-order valence-corrected chi connectivity index (χ1v) is 6.67. The van der Waals surface area contributed by atoms with E-state index in [1.165, 1.54) is 6.33 Å². The first-order valence-electron chi connectivity index (χ1n) is 6.67. The number of hydrogen-bond donors (Lipinski definition) is 4. The van der Waals surface area contributed by atoms with E-state index in [9.17, 15) is 10.2 Å². The van der Waals surface area contributed by atoms with Crippen molar-refractivity contribution in [3.8, 4) is 0 Å². The first kappa shape index (κ1) is 15.7. The molecule has 0 aliphatic carbocycles. The van der Waals surface area contributed by atoms with Gasteiger partial charge in [-0.15, -0.1) is 0 Å². The van der Waals surface area contributed by atoms with E-state index in [-0.39, 0.29) is 13.2 Å². The Kier molecular flexibility index (Phi) is 5.98. The van der Waals surface area contributed by atoms with Crippen LogP contribution in [0.1, 0.15) is 32.3 Å². The average Bonchev–Trinajstić information content (AvgIpc) is 2.45. The lowest BCUT2D eigenvalue weighted by Crippen LogP contribution is -2.45. The van der Waals surface area contributed by atoms with E-state index < -0.39 is 5.54 Å². The molecule has 1 aromatic heterocycles. The fourth-order valence-corrected chi connectivity index (χ4v) is 1.69. The maximum absolute atomic E-state index is 9.46. The van der Waals surface area contributed by atoms with E-state index in [0.29, 0.717) is 12.2 Å². The molecule has 0 radical (unpaired) electrons. The summed E-state index contributed by atoms with van der Waals surface area (Å²) in [6.07, 6.45) is 3.09. The molecule has 4 N–H and O–H groups in total. The van der Waals surface area contributed by atoms with Gasteiger partial charge in [-0.3, -0.25) is 0 Å². The van der Waals surface area contributed by atoms with Crippen molar-refractivity contribution in [2.45, 2.75) is 39.2 Å². The summed E-state index contributed by atoms with van der Waals surface area (Å²) in [7, 11) is 0. The second-order valence-electron chi connectivity index (χ2n) is 4.70. The molecule has 0 spiro atoms. The maximum atomic E-state index is 9.46. The van der Waals surface area contributed by atoms with Crippen LogP contribution in [-0.2, 0) is 0 Å². The lowest BCUT2D eigenvalue weighted by Gasteiger charge is -2.31. The predicted molar refractivity (Wildman–Crippen MR) is 76.4 cm³/mol. The van der Waals surface area contributed by atoms with Crippen LogP contribution in [0.3, 0.4) is 0 Å². The van der Waals surface area contributed by atoms with Crippen LogP contribution < -0.4 is 10.6 Å². The standard InChI is InChI=1S/C13H24N4O2/c1-4-6-14-11-10(3)12(16-9-15-11)17-13(5-2,7-18)8-19/h9,18-19H,4-8H2,1-3H3,(H2,14,15,16,17). The molecule has 0 aromatic carbocycles. The minimum atomic E-state index is -0.749. The molecule has 0 fully saturated rings. The van der Waals surface area contributed by atoms with Gasteiger partial charge in [0.15, 0.2) is 0 Å². The number of aliphatic hydroxyl groups is 2. The Morgan fingerprint density at radius 1 is 1.16 bits per heavy atom. The van der Waals surface area contributed by atoms with Crippen molar-refractivity contribution in [1.29, 1.82) is 0 Å². The lowest BCUT2D eigenvalue weighted by molar-refractivity contribution is 0.132. The van der Waals surface area contributed by atoms with Gasteiger partial charge in [0, 0.05) is 12.1 Å². The van der Waals surface area contributed by atoms with E-state index in [1.807, 2.05) is 13.8 Å². The summed E-state index contributed by atoms with van der Waals surface area (Å²) < 4.78 is 0. The molecule has 19 heavy (non-hydrogen) atoms. The zero-order valence-electron chi connectivity index (χ0n) is 11.9. The molecule has 108 valence electrons. The van der Waals surface area contributed by atoms with E-state index in [4.69, 9.17) is 0 Å². The SMILES string of the molecule is CCCNc1ncnc(NC(CC)(CO)CO)c1C. The number of nitrogens with one attached hydrogen (secondary N) is 2. The van der Waals surface area contributed by atoms with Gasteiger partial charge in [0.25, 0.3) is 0 Å². The molecule has 0 unspecified atom stereocenters. The third-order valence-electron chi connectivity index (χ3n) is 3.29. The highest BCUT2D eigenvalue weighted by molar-refractivity contribution is 5.57. The third-order valence-corrected chi connectivity index (χ3v) is 3.29. The molecule has 0 saturated heterocycles. The number of aromatic nitrogens is 2. The predicted octanol–water partition coefficient (Wildman–Crippen LogP) is 1.15. The van der Waals surface area contributed by atoms with Gasteiger partial charge in [-0.05, 0) is 19.8 Å². The summed E-state index contributed by atoms with van der Waals surface area (Å²) in [4.78, 5) is 8.39. The molecule has 1 heterocycles. The molecule has 6 nitrogen and oxygen atoms in total. The van der Waals surface area contributed by atoms with Crippen molar-refractivity contribution < 1.29 is 10.2 Å². The number of hydrogen-bond acceptors (Lipinski definition) is 6. The van der Waals surface area contributed by atoms with Crippen LogP contribution in [-0.4, -0.2) is 45.5 Å². The van der Waals surface area contributed by atoms with Crippen LogP contribution in [0.25, 0.3) is 0 Å². The Morgan fingerprint density at radius 2 is 1.79 bits per heavy atom. The molecule has 0 aliphatic heterocycles. The summed E-state index contributed by atoms with van der Waals surface area (Å²) in [5.74, 6) is 1.42. The van der Waals surface area contributed by atoms with Crippen molar-refractivity contribution in [2.75, 3.05) is 30.4 Å². The zero-order valence-corrected chi connectivity index (χ0v) is 11.9. The van der Waals surface area contributed by atoms with Crippen LogP contribution in [0, 0.1) is 6.92 Å². The van der Waals surface area contributed by atoms with Gasteiger partial charge in [-0.1, -0.05) is 13.8 Å². The highest BCUT2D eigenvalue weighted by Gasteiger charge is 2.27. The molecule has 0 atom stereocenters. The van der Waals surface area contributed by atoms with Gasteiger partial charge >= 0.3 is 0 Å². The molecule has 1 rings (SSSR count). The second-order valence-corrected chi connectivity index (χ2v) is 4.70. The Bertz CT molecular complexity index is 386. The molecule has 0 amide bonds. The van der Waals surface area contributed by atoms with Crippen LogP contribution >= 0.6 is 0 Å². The summed E-state index contributed by atoms with van der Waals surface area (Å²) in [6, 6.07) is 0. The Hall–Kier alpha value is -1.40. The molecule has 0 aliphatic rings. The molecular formula is C13H24N4O2. The van der Waals surface area contributed by atoms with Crippen molar-refractivity contribution >= 4 is 11.6 Å². The van der Waals surface area contributed by atoms with E-state index in [0.717, 1.165) is 24.3 Å². The van der Waals surface area contributed by atoms with Gasteiger partial charge in [-0.25, -0.2) is 9.97 Å². The molecule has 1 aromatic rings. The van der Waals surface area contributed by atoms with E-state index in [2.05, 4.69) is 27.5 Å². The number of rotatable bonds is 8. The van der Waals surface area contributed by atoms with Gasteiger partial charge < -0.3 is 20.8 Å². The Labute approximate surface area is 114 Å². The highest BCUT2D eigenvalue weighted by Crippen LogP contribution is 2.23. The quantitative estimate of drug-likeness (QED) is 0.565. The average molecular weight is 268 g/mol. The van der Waals surface area contributed by atoms with E-state index in [1.54, 1.807) is 0 Å².